The standard InChI is InChI=1S/C30H51N3O4S/c1-10-11-12-13-14-15-18-33(27(35)24(20-38)31-28(36)37-30(7,8)9)25(26(34)32-29(4,5)6)23-17-16-21(2)22(3)19-23/h16-17,19,24-25,38H,10-15,18,20H2,1-9H3,(H,31,36)(H,32,34). The molecule has 2 N–H and O–H groups in total. The highest BCUT2D eigenvalue weighted by Gasteiger charge is 2.36. The Bertz CT molecular complexity index is 921. The number of rotatable bonds is 13. The van der Waals surface area contributed by atoms with Crippen LogP contribution in [0.4, 0.5) is 4.79 Å². The third-order valence-electron chi connectivity index (χ3n) is 6.11. The van der Waals surface area contributed by atoms with E-state index in [-0.39, 0.29) is 17.6 Å². The first kappa shape index (κ1) is 33.8. The van der Waals surface area contributed by atoms with Gasteiger partial charge in [-0.3, -0.25) is 9.59 Å². The predicted molar refractivity (Wildman–Crippen MR) is 159 cm³/mol. The predicted octanol–water partition coefficient (Wildman–Crippen LogP) is 6.27. The van der Waals surface area contributed by atoms with Gasteiger partial charge < -0.3 is 20.3 Å². The van der Waals surface area contributed by atoms with Crippen LogP contribution in [0.5, 0.6) is 0 Å². The molecular formula is C30H51N3O4S. The van der Waals surface area contributed by atoms with E-state index >= 15 is 0 Å². The highest BCUT2D eigenvalue weighted by atomic mass is 32.1. The van der Waals surface area contributed by atoms with E-state index in [0.717, 1.165) is 48.8 Å². The third-order valence-corrected chi connectivity index (χ3v) is 6.48. The first-order chi connectivity index (χ1) is 17.6. The maximum absolute atomic E-state index is 14.0. The molecule has 0 spiro atoms. The van der Waals surface area contributed by atoms with E-state index in [1.54, 1.807) is 25.7 Å². The Morgan fingerprint density at radius 2 is 1.55 bits per heavy atom. The second kappa shape index (κ2) is 15.4. The highest BCUT2D eigenvalue weighted by molar-refractivity contribution is 7.80. The fraction of sp³-hybridized carbons (Fsp3) is 0.700. The summed E-state index contributed by atoms with van der Waals surface area (Å²) >= 11 is 4.37. The van der Waals surface area contributed by atoms with Crippen LogP contribution < -0.4 is 10.6 Å². The van der Waals surface area contributed by atoms with Crippen molar-refractivity contribution in [3.05, 3.63) is 34.9 Å². The molecule has 1 rings (SSSR count). The number of hydrogen-bond donors (Lipinski definition) is 3. The molecule has 0 heterocycles. The van der Waals surface area contributed by atoms with E-state index in [1.165, 1.54) is 6.42 Å². The molecule has 0 bridgehead atoms. The van der Waals surface area contributed by atoms with Crippen molar-refractivity contribution in [1.29, 1.82) is 0 Å². The summed E-state index contributed by atoms with van der Waals surface area (Å²) in [5.41, 5.74) is 1.70. The van der Waals surface area contributed by atoms with Crippen LogP contribution >= 0.6 is 12.6 Å². The summed E-state index contributed by atoms with van der Waals surface area (Å²) in [7, 11) is 0. The Labute approximate surface area is 236 Å². The van der Waals surface area contributed by atoms with Gasteiger partial charge in [0.25, 0.3) is 0 Å². The third kappa shape index (κ3) is 12.1. The van der Waals surface area contributed by atoms with Crippen LogP contribution in [-0.4, -0.2) is 52.3 Å². The lowest BCUT2D eigenvalue weighted by molar-refractivity contribution is -0.142. The zero-order valence-electron chi connectivity index (χ0n) is 25.1. The van der Waals surface area contributed by atoms with Crippen molar-refractivity contribution < 1.29 is 19.1 Å². The maximum atomic E-state index is 14.0. The van der Waals surface area contributed by atoms with Crippen LogP contribution in [-0.2, 0) is 14.3 Å². The Balaban J connectivity index is 3.42. The molecule has 0 aliphatic heterocycles. The van der Waals surface area contributed by atoms with Crippen molar-refractivity contribution in [2.24, 2.45) is 0 Å². The molecule has 0 aliphatic carbocycles. The van der Waals surface area contributed by atoms with Gasteiger partial charge in [-0.2, -0.15) is 12.6 Å². The van der Waals surface area contributed by atoms with Crippen molar-refractivity contribution in [2.75, 3.05) is 12.3 Å². The van der Waals surface area contributed by atoms with Gasteiger partial charge in [-0.1, -0.05) is 57.2 Å². The van der Waals surface area contributed by atoms with Crippen molar-refractivity contribution >= 4 is 30.5 Å². The van der Waals surface area contributed by atoms with Crippen LogP contribution in [0.1, 0.15) is 110 Å². The van der Waals surface area contributed by atoms with Gasteiger partial charge in [0.1, 0.15) is 17.7 Å². The molecule has 1 aromatic carbocycles. The topological polar surface area (TPSA) is 87.7 Å². The lowest BCUT2D eigenvalue weighted by Crippen LogP contribution is -2.55. The quantitative estimate of drug-likeness (QED) is 0.200. The molecule has 7 nitrogen and oxygen atoms in total. The Morgan fingerprint density at radius 1 is 0.947 bits per heavy atom. The zero-order valence-corrected chi connectivity index (χ0v) is 26.0. The van der Waals surface area contributed by atoms with E-state index in [2.05, 4.69) is 30.2 Å². The van der Waals surface area contributed by atoms with E-state index in [1.807, 2.05) is 52.8 Å². The Morgan fingerprint density at radius 3 is 2.08 bits per heavy atom. The number of amides is 3. The van der Waals surface area contributed by atoms with Crippen molar-refractivity contribution in [3.8, 4) is 0 Å². The number of unbranched alkanes of at least 4 members (excludes halogenated alkanes) is 5. The van der Waals surface area contributed by atoms with Gasteiger partial charge in [0.2, 0.25) is 11.8 Å². The number of ether oxygens (including phenoxy) is 1. The van der Waals surface area contributed by atoms with Crippen LogP contribution in [0.2, 0.25) is 0 Å². The molecule has 0 aliphatic rings. The van der Waals surface area contributed by atoms with E-state index in [4.69, 9.17) is 4.74 Å². The smallest absolute Gasteiger partial charge is 0.408 e. The van der Waals surface area contributed by atoms with Gasteiger partial charge in [-0.15, -0.1) is 0 Å². The average Bonchev–Trinajstić information content (AvgIpc) is 2.78. The van der Waals surface area contributed by atoms with Crippen molar-refractivity contribution in [1.82, 2.24) is 15.5 Å². The molecule has 2 atom stereocenters. The van der Waals surface area contributed by atoms with E-state index < -0.39 is 29.3 Å². The number of nitrogens with zero attached hydrogens (tertiary/aromatic N) is 1. The number of thiol groups is 1. The number of nitrogens with one attached hydrogen (secondary N) is 2. The van der Waals surface area contributed by atoms with Crippen LogP contribution in [0.3, 0.4) is 0 Å². The molecule has 8 heteroatoms. The second-order valence-electron chi connectivity index (χ2n) is 12.2. The molecular weight excluding hydrogens is 498 g/mol. The summed E-state index contributed by atoms with van der Waals surface area (Å²) in [6, 6.07) is 4.07. The first-order valence-corrected chi connectivity index (χ1v) is 14.5. The number of carbonyl (C=O) groups is 3. The molecule has 0 saturated carbocycles. The van der Waals surface area contributed by atoms with Crippen molar-refractivity contribution in [2.45, 2.75) is 124 Å². The molecule has 3 amide bonds. The number of hydrogen-bond acceptors (Lipinski definition) is 5. The van der Waals surface area contributed by atoms with Crippen LogP contribution in [0.25, 0.3) is 0 Å². The normalized spacial score (nSPS) is 13.4. The summed E-state index contributed by atoms with van der Waals surface area (Å²) in [5.74, 6) is -0.534. The largest absolute Gasteiger partial charge is 0.444 e. The molecule has 0 aromatic heterocycles. The van der Waals surface area contributed by atoms with Gasteiger partial charge in [0.05, 0.1) is 0 Å². The minimum Gasteiger partial charge on any atom is -0.444 e. The first-order valence-electron chi connectivity index (χ1n) is 13.9. The molecule has 1 aromatic rings. The number of benzene rings is 1. The summed E-state index contributed by atoms with van der Waals surface area (Å²) in [6.45, 7) is 17.6. The fourth-order valence-electron chi connectivity index (χ4n) is 4.11. The molecule has 216 valence electrons. The van der Waals surface area contributed by atoms with Crippen LogP contribution in [0.15, 0.2) is 18.2 Å². The van der Waals surface area contributed by atoms with Crippen LogP contribution in [0, 0.1) is 13.8 Å². The molecule has 2 unspecified atom stereocenters. The minimum absolute atomic E-state index is 0.0750. The lowest BCUT2D eigenvalue weighted by atomic mass is 9.97. The van der Waals surface area contributed by atoms with Gasteiger partial charge in [0.15, 0.2) is 0 Å². The number of aryl methyl sites for hydroxylation is 2. The van der Waals surface area contributed by atoms with Gasteiger partial charge >= 0.3 is 6.09 Å². The SMILES string of the molecule is CCCCCCCCN(C(=O)C(CS)NC(=O)OC(C)(C)C)C(C(=O)NC(C)(C)C)c1ccc(C)c(C)c1. The highest BCUT2D eigenvalue weighted by Crippen LogP contribution is 2.26. The number of carbonyl (C=O) groups excluding carboxylic acids is 3. The van der Waals surface area contributed by atoms with Gasteiger partial charge in [-0.25, -0.2) is 4.79 Å². The zero-order chi connectivity index (χ0) is 29.1. The molecule has 38 heavy (non-hydrogen) atoms. The molecule has 0 saturated heterocycles. The lowest BCUT2D eigenvalue weighted by Gasteiger charge is -2.36. The van der Waals surface area contributed by atoms with Gasteiger partial charge in [-0.05, 0) is 78.5 Å². The summed E-state index contributed by atoms with van der Waals surface area (Å²) < 4.78 is 5.39. The summed E-state index contributed by atoms with van der Waals surface area (Å²) in [5, 5.41) is 5.75. The summed E-state index contributed by atoms with van der Waals surface area (Å²) in [6.07, 6.45) is 5.59. The average molecular weight is 550 g/mol. The molecule has 0 radical (unpaired) electrons. The Hall–Kier alpha value is -2.22. The second-order valence-corrected chi connectivity index (χ2v) is 12.5. The van der Waals surface area contributed by atoms with Gasteiger partial charge in [0, 0.05) is 17.8 Å². The molecule has 0 fully saturated rings. The fourth-order valence-corrected chi connectivity index (χ4v) is 4.36. The van der Waals surface area contributed by atoms with E-state index in [9.17, 15) is 14.4 Å². The van der Waals surface area contributed by atoms with Crippen molar-refractivity contribution in [3.63, 3.8) is 0 Å². The maximum Gasteiger partial charge on any atom is 0.408 e. The summed E-state index contributed by atoms with van der Waals surface area (Å²) in [4.78, 5) is 41.9. The van der Waals surface area contributed by atoms with E-state index in [0.29, 0.717) is 6.54 Å². The minimum atomic E-state index is -0.940. The monoisotopic (exact) mass is 549 g/mol. The number of alkyl carbamates (subject to hydrolysis) is 1. The Kier molecular flexibility index (Phi) is 13.7.